The van der Waals surface area contributed by atoms with Crippen LogP contribution in [0.25, 0.3) is 0 Å². The Morgan fingerprint density at radius 2 is 1.81 bits per heavy atom. The lowest BCUT2D eigenvalue weighted by Gasteiger charge is -2.42. The lowest BCUT2D eigenvalue weighted by Crippen LogP contribution is -2.54. The van der Waals surface area contributed by atoms with Crippen LogP contribution >= 0.6 is 12.2 Å². The zero-order valence-electron chi connectivity index (χ0n) is 10.8. The molecule has 2 N–H and O–H groups in total. The van der Waals surface area contributed by atoms with Crippen LogP contribution in [0.5, 0.6) is 0 Å². The Labute approximate surface area is 105 Å². The van der Waals surface area contributed by atoms with Gasteiger partial charge >= 0.3 is 0 Å². The molecule has 0 bridgehead atoms. The van der Waals surface area contributed by atoms with Crippen LogP contribution in [-0.2, 0) is 0 Å². The normalized spacial score (nSPS) is 28.2. The second-order valence-electron chi connectivity index (χ2n) is 5.05. The largest absolute Gasteiger partial charge is 0.393 e. The van der Waals surface area contributed by atoms with E-state index in [0.29, 0.717) is 17.1 Å². The molecule has 0 radical (unpaired) electrons. The average Bonchev–Trinajstić information content (AvgIpc) is 2.20. The van der Waals surface area contributed by atoms with E-state index in [2.05, 4.69) is 30.7 Å². The van der Waals surface area contributed by atoms with Gasteiger partial charge in [-0.25, -0.2) is 0 Å². The van der Waals surface area contributed by atoms with Crippen molar-refractivity contribution in [3.05, 3.63) is 0 Å². The van der Waals surface area contributed by atoms with E-state index in [1.165, 1.54) is 26.1 Å². The SMILES string of the molecule is CC1CN(CCCCC(N)=S)CC(C)N1C. The smallest absolute Gasteiger partial charge is 0.0727 e. The van der Waals surface area contributed by atoms with E-state index >= 15 is 0 Å². The summed E-state index contributed by atoms with van der Waals surface area (Å²) in [5, 5.41) is 0. The average molecular weight is 243 g/mol. The third kappa shape index (κ3) is 4.36. The van der Waals surface area contributed by atoms with Crippen LogP contribution in [0.2, 0.25) is 0 Å². The summed E-state index contributed by atoms with van der Waals surface area (Å²) < 4.78 is 0. The molecule has 4 heteroatoms. The van der Waals surface area contributed by atoms with Gasteiger partial charge in [-0.15, -0.1) is 0 Å². The van der Waals surface area contributed by atoms with Gasteiger partial charge in [0.1, 0.15) is 0 Å². The zero-order valence-corrected chi connectivity index (χ0v) is 11.6. The van der Waals surface area contributed by atoms with Crippen molar-refractivity contribution >= 4 is 17.2 Å². The first-order valence-electron chi connectivity index (χ1n) is 6.23. The standard InChI is InChI=1S/C12H25N3S/c1-10-8-15(9-11(2)14(10)3)7-5-4-6-12(13)16/h10-11H,4-9H2,1-3H3,(H2,13,16). The van der Waals surface area contributed by atoms with Crippen LogP contribution in [0.1, 0.15) is 33.1 Å². The second kappa shape index (κ2) is 6.52. The number of nitrogens with two attached hydrogens (primary N) is 1. The number of nitrogens with zero attached hydrogens (tertiary/aromatic N) is 2. The Balaban J connectivity index is 2.20. The molecule has 2 atom stereocenters. The molecule has 0 spiro atoms. The molecule has 0 aromatic rings. The molecule has 1 fully saturated rings. The summed E-state index contributed by atoms with van der Waals surface area (Å²) in [4.78, 5) is 5.68. The zero-order chi connectivity index (χ0) is 12.1. The highest BCUT2D eigenvalue weighted by Crippen LogP contribution is 2.13. The van der Waals surface area contributed by atoms with Crippen LogP contribution < -0.4 is 5.73 Å². The number of unbranched alkanes of at least 4 members (excludes halogenated alkanes) is 1. The predicted octanol–water partition coefficient (Wildman–Crippen LogP) is 1.47. The van der Waals surface area contributed by atoms with Crippen molar-refractivity contribution in [2.24, 2.45) is 5.73 Å². The first-order chi connectivity index (χ1) is 7.50. The van der Waals surface area contributed by atoms with Crippen molar-refractivity contribution < 1.29 is 0 Å². The summed E-state index contributed by atoms with van der Waals surface area (Å²) >= 11 is 4.88. The topological polar surface area (TPSA) is 32.5 Å². The molecule has 1 heterocycles. The highest BCUT2D eigenvalue weighted by Gasteiger charge is 2.25. The molecule has 0 saturated carbocycles. The van der Waals surface area contributed by atoms with E-state index < -0.39 is 0 Å². The Morgan fingerprint density at radius 3 is 2.31 bits per heavy atom. The van der Waals surface area contributed by atoms with Crippen molar-refractivity contribution in [3.63, 3.8) is 0 Å². The second-order valence-corrected chi connectivity index (χ2v) is 5.57. The van der Waals surface area contributed by atoms with Gasteiger partial charge in [0.15, 0.2) is 0 Å². The number of rotatable bonds is 5. The number of piperazine rings is 1. The Kier molecular flexibility index (Phi) is 5.66. The Bertz CT molecular complexity index is 220. The third-order valence-corrected chi connectivity index (χ3v) is 3.79. The van der Waals surface area contributed by atoms with Gasteiger partial charge in [0.2, 0.25) is 0 Å². The van der Waals surface area contributed by atoms with E-state index in [-0.39, 0.29) is 0 Å². The van der Waals surface area contributed by atoms with Crippen molar-refractivity contribution in [2.45, 2.75) is 45.2 Å². The van der Waals surface area contributed by atoms with Crippen LogP contribution in [0, 0.1) is 0 Å². The monoisotopic (exact) mass is 243 g/mol. The molecule has 0 amide bonds. The van der Waals surface area contributed by atoms with Gasteiger partial charge in [-0.1, -0.05) is 12.2 Å². The fourth-order valence-corrected chi connectivity index (χ4v) is 2.48. The molecule has 0 aliphatic carbocycles. The predicted molar refractivity (Wildman–Crippen MR) is 73.8 cm³/mol. The molecule has 2 unspecified atom stereocenters. The maximum Gasteiger partial charge on any atom is 0.0727 e. The van der Waals surface area contributed by atoms with Crippen molar-refractivity contribution in [1.29, 1.82) is 0 Å². The van der Waals surface area contributed by atoms with Crippen molar-refractivity contribution in [1.82, 2.24) is 9.80 Å². The molecular weight excluding hydrogens is 218 g/mol. The number of likely N-dealkylation sites (N-methyl/N-ethyl adjacent to an activating group) is 1. The highest BCUT2D eigenvalue weighted by atomic mass is 32.1. The van der Waals surface area contributed by atoms with E-state index in [4.69, 9.17) is 18.0 Å². The van der Waals surface area contributed by atoms with Gasteiger partial charge < -0.3 is 10.6 Å². The Morgan fingerprint density at radius 1 is 1.25 bits per heavy atom. The van der Waals surface area contributed by atoms with Crippen LogP contribution in [0.15, 0.2) is 0 Å². The molecule has 16 heavy (non-hydrogen) atoms. The summed E-state index contributed by atoms with van der Waals surface area (Å²) in [7, 11) is 2.22. The molecule has 1 aliphatic heterocycles. The fraction of sp³-hybridized carbons (Fsp3) is 0.917. The molecule has 0 aromatic heterocycles. The molecule has 1 rings (SSSR count). The molecule has 94 valence electrons. The summed E-state index contributed by atoms with van der Waals surface area (Å²) in [5.41, 5.74) is 5.49. The first-order valence-corrected chi connectivity index (χ1v) is 6.64. The molecule has 1 saturated heterocycles. The summed E-state index contributed by atoms with van der Waals surface area (Å²) in [6.45, 7) is 8.17. The quantitative estimate of drug-likeness (QED) is 0.585. The van der Waals surface area contributed by atoms with Crippen LogP contribution in [-0.4, -0.2) is 53.6 Å². The minimum absolute atomic E-state index is 0.653. The van der Waals surface area contributed by atoms with E-state index in [1.807, 2.05) is 0 Å². The van der Waals surface area contributed by atoms with E-state index in [9.17, 15) is 0 Å². The van der Waals surface area contributed by atoms with Gasteiger partial charge in [0, 0.05) is 25.2 Å². The molecule has 0 aromatic carbocycles. The maximum absolute atomic E-state index is 5.49. The van der Waals surface area contributed by atoms with Crippen molar-refractivity contribution in [2.75, 3.05) is 26.7 Å². The number of hydrogen-bond donors (Lipinski definition) is 1. The fourth-order valence-electron chi connectivity index (χ4n) is 2.33. The highest BCUT2D eigenvalue weighted by molar-refractivity contribution is 7.80. The summed E-state index contributed by atoms with van der Waals surface area (Å²) in [5.74, 6) is 0. The first kappa shape index (κ1) is 13.9. The van der Waals surface area contributed by atoms with Gasteiger partial charge in [-0.3, -0.25) is 4.90 Å². The Hall–Kier alpha value is -0.190. The lowest BCUT2D eigenvalue weighted by molar-refractivity contribution is 0.0593. The minimum Gasteiger partial charge on any atom is -0.393 e. The van der Waals surface area contributed by atoms with Gasteiger partial charge in [-0.05, 0) is 46.7 Å². The molecule has 1 aliphatic rings. The van der Waals surface area contributed by atoms with Crippen molar-refractivity contribution in [3.8, 4) is 0 Å². The van der Waals surface area contributed by atoms with Gasteiger partial charge in [0.05, 0.1) is 4.99 Å². The summed E-state index contributed by atoms with van der Waals surface area (Å²) in [6, 6.07) is 1.33. The van der Waals surface area contributed by atoms with Gasteiger partial charge in [0.25, 0.3) is 0 Å². The van der Waals surface area contributed by atoms with Crippen LogP contribution in [0.3, 0.4) is 0 Å². The number of hydrogen-bond acceptors (Lipinski definition) is 3. The van der Waals surface area contributed by atoms with Gasteiger partial charge in [-0.2, -0.15) is 0 Å². The van der Waals surface area contributed by atoms with Crippen LogP contribution in [0.4, 0.5) is 0 Å². The van der Waals surface area contributed by atoms with E-state index in [0.717, 1.165) is 12.8 Å². The molecular formula is C12H25N3S. The summed E-state index contributed by atoms with van der Waals surface area (Å²) in [6.07, 6.45) is 3.24. The van der Waals surface area contributed by atoms with E-state index in [1.54, 1.807) is 0 Å². The maximum atomic E-state index is 5.49. The lowest BCUT2D eigenvalue weighted by atomic mass is 10.1. The third-order valence-electron chi connectivity index (χ3n) is 3.58. The molecule has 3 nitrogen and oxygen atoms in total. The number of thiocarbonyl (C=S) groups is 1. The minimum atomic E-state index is 0.653.